The zero-order valence-corrected chi connectivity index (χ0v) is 15.7. The number of carboxylic acids is 1. The molecule has 6 nitrogen and oxygen atoms in total. The molecule has 1 aromatic heterocycles. The molecule has 2 heterocycles. The molecular formula is C22H24N2O4. The number of hydrogen-bond donors (Lipinski definition) is 1. The monoisotopic (exact) mass is 380 g/mol. The highest BCUT2D eigenvalue weighted by Gasteiger charge is 2.55. The van der Waals surface area contributed by atoms with E-state index in [0.717, 1.165) is 12.8 Å². The number of carbonyl (C=O) groups excluding carboxylic acids is 1. The van der Waals surface area contributed by atoms with E-state index in [1.165, 1.54) is 16.2 Å². The Kier molecular flexibility index (Phi) is 4.79. The number of carbonyl (C=O) groups is 2. The molecule has 1 aliphatic heterocycles. The van der Waals surface area contributed by atoms with Gasteiger partial charge < -0.3 is 14.6 Å². The van der Waals surface area contributed by atoms with Gasteiger partial charge in [-0.2, -0.15) is 0 Å². The number of fused-ring (bicyclic) bond motifs is 1. The third-order valence-corrected chi connectivity index (χ3v) is 6.46. The molecule has 28 heavy (non-hydrogen) atoms. The number of aromatic nitrogens is 1. The number of likely N-dealkylation sites (tertiary alicyclic amines) is 1. The summed E-state index contributed by atoms with van der Waals surface area (Å²) in [6.07, 6.45) is 3.74. The topological polar surface area (TPSA) is 79.6 Å². The van der Waals surface area contributed by atoms with Crippen LogP contribution in [0.5, 0.6) is 0 Å². The molecule has 3 atom stereocenters. The van der Waals surface area contributed by atoms with E-state index >= 15 is 0 Å². The first-order chi connectivity index (χ1) is 13.5. The molecule has 2 aromatic rings. The van der Waals surface area contributed by atoms with Crippen LogP contribution in [0.15, 0.2) is 59.5 Å². The normalized spacial score (nSPS) is 26.6. The molecule has 0 unspecified atom stereocenters. The van der Waals surface area contributed by atoms with Crippen LogP contribution in [0.1, 0.15) is 30.7 Å². The number of carboxylic acid groups (broad SMARTS) is 1. The smallest absolute Gasteiger partial charge is 0.311 e. The van der Waals surface area contributed by atoms with E-state index in [0.29, 0.717) is 18.9 Å². The minimum absolute atomic E-state index is 0.0514. The molecule has 0 bridgehead atoms. The van der Waals surface area contributed by atoms with Crippen LogP contribution >= 0.6 is 0 Å². The molecule has 1 aromatic carbocycles. The number of benzene rings is 1. The number of rotatable bonds is 4. The minimum atomic E-state index is -0.872. The second-order valence-electron chi connectivity index (χ2n) is 7.98. The van der Waals surface area contributed by atoms with E-state index in [-0.39, 0.29) is 30.5 Å². The Labute approximate surface area is 163 Å². The lowest BCUT2D eigenvalue weighted by atomic mass is 9.64. The van der Waals surface area contributed by atoms with E-state index in [2.05, 4.69) is 12.1 Å². The van der Waals surface area contributed by atoms with Crippen molar-refractivity contribution < 1.29 is 14.7 Å². The predicted molar refractivity (Wildman–Crippen MR) is 104 cm³/mol. The summed E-state index contributed by atoms with van der Waals surface area (Å²) in [7, 11) is 0. The molecule has 1 aliphatic carbocycles. The largest absolute Gasteiger partial charge is 0.481 e. The number of pyridine rings is 1. The van der Waals surface area contributed by atoms with Crippen LogP contribution in [0.2, 0.25) is 0 Å². The molecule has 1 N–H and O–H groups in total. The van der Waals surface area contributed by atoms with Crippen molar-refractivity contribution in [3.05, 3.63) is 70.6 Å². The van der Waals surface area contributed by atoms with E-state index in [1.54, 1.807) is 23.2 Å². The van der Waals surface area contributed by atoms with Crippen molar-refractivity contribution in [3.8, 4) is 0 Å². The summed E-state index contributed by atoms with van der Waals surface area (Å²) in [5.74, 6) is -0.748. The average Bonchev–Trinajstić information content (AvgIpc) is 3.11. The lowest BCUT2D eigenvalue weighted by molar-refractivity contribution is -0.153. The van der Waals surface area contributed by atoms with E-state index < -0.39 is 11.4 Å². The van der Waals surface area contributed by atoms with Gasteiger partial charge in [-0.3, -0.25) is 14.4 Å². The first-order valence-corrected chi connectivity index (χ1v) is 9.71. The van der Waals surface area contributed by atoms with Gasteiger partial charge in [-0.1, -0.05) is 36.4 Å². The van der Waals surface area contributed by atoms with Crippen molar-refractivity contribution in [2.45, 2.75) is 31.7 Å². The second kappa shape index (κ2) is 7.26. The Hall–Kier alpha value is -2.89. The standard InChI is InChI=1S/C22H24N2O4/c25-19-8-4-5-11-23(19)14-20(26)24-13-18-12-17(16-6-2-1-3-7-16)9-10-22(18,15-24)21(27)28/h1-8,11,17-18H,9-10,12-15H2,(H,27,28)/t17-,18-,22-/m0/s1. The maximum Gasteiger partial charge on any atom is 0.311 e. The molecule has 4 rings (SSSR count). The molecular weight excluding hydrogens is 356 g/mol. The van der Waals surface area contributed by atoms with Gasteiger partial charge in [0.2, 0.25) is 5.91 Å². The van der Waals surface area contributed by atoms with Crippen LogP contribution in [0.25, 0.3) is 0 Å². The number of nitrogens with zero attached hydrogens (tertiary/aromatic N) is 2. The molecule has 1 saturated carbocycles. The van der Waals surface area contributed by atoms with Crippen molar-refractivity contribution >= 4 is 11.9 Å². The van der Waals surface area contributed by atoms with Crippen LogP contribution in [-0.2, 0) is 16.1 Å². The maximum atomic E-state index is 12.8. The van der Waals surface area contributed by atoms with Gasteiger partial charge in [0.15, 0.2) is 0 Å². The summed E-state index contributed by atoms with van der Waals surface area (Å²) in [4.78, 5) is 38.5. The minimum Gasteiger partial charge on any atom is -0.481 e. The van der Waals surface area contributed by atoms with Crippen molar-refractivity contribution in [1.29, 1.82) is 0 Å². The van der Waals surface area contributed by atoms with Gasteiger partial charge in [0, 0.05) is 25.4 Å². The van der Waals surface area contributed by atoms with E-state index in [9.17, 15) is 19.5 Å². The van der Waals surface area contributed by atoms with Crippen LogP contribution in [0.4, 0.5) is 0 Å². The Balaban J connectivity index is 1.53. The molecule has 2 aliphatic rings. The molecule has 0 spiro atoms. The van der Waals surface area contributed by atoms with Gasteiger partial charge in [0.1, 0.15) is 6.54 Å². The first-order valence-electron chi connectivity index (χ1n) is 9.71. The van der Waals surface area contributed by atoms with Crippen LogP contribution in [0.3, 0.4) is 0 Å². The van der Waals surface area contributed by atoms with E-state index in [1.807, 2.05) is 18.2 Å². The Morgan fingerprint density at radius 1 is 1.11 bits per heavy atom. The summed E-state index contributed by atoms with van der Waals surface area (Å²) >= 11 is 0. The van der Waals surface area contributed by atoms with Crippen molar-refractivity contribution in [2.24, 2.45) is 11.3 Å². The molecule has 1 amide bonds. The fourth-order valence-corrected chi connectivity index (χ4v) is 4.86. The summed E-state index contributed by atoms with van der Waals surface area (Å²) in [5.41, 5.74) is 0.134. The van der Waals surface area contributed by atoms with Gasteiger partial charge in [0.25, 0.3) is 5.56 Å². The quantitative estimate of drug-likeness (QED) is 0.883. The van der Waals surface area contributed by atoms with Gasteiger partial charge in [0.05, 0.1) is 5.41 Å². The number of hydrogen-bond acceptors (Lipinski definition) is 3. The zero-order chi connectivity index (χ0) is 19.7. The van der Waals surface area contributed by atoms with Gasteiger partial charge in [-0.05, 0) is 42.7 Å². The third kappa shape index (κ3) is 3.23. The summed E-state index contributed by atoms with van der Waals surface area (Å²) in [6, 6.07) is 15.0. The van der Waals surface area contributed by atoms with Crippen molar-refractivity contribution in [2.75, 3.05) is 13.1 Å². The van der Waals surface area contributed by atoms with Crippen LogP contribution in [-0.4, -0.2) is 39.5 Å². The highest BCUT2D eigenvalue weighted by Crippen LogP contribution is 2.51. The van der Waals surface area contributed by atoms with Crippen molar-refractivity contribution in [3.63, 3.8) is 0 Å². The summed E-state index contributed by atoms with van der Waals surface area (Å²) < 4.78 is 1.37. The number of amides is 1. The van der Waals surface area contributed by atoms with E-state index in [4.69, 9.17) is 0 Å². The Bertz CT molecular complexity index is 939. The molecule has 6 heteroatoms. The molecule has 0 radical (unpaired) electrons. The van der Waals surface area contributed by atoms with Gasteiger partial charge >= 0.3 is 5.97 Å². The lowest BCUT2D eigenvalue weighted by Crippen LogP contribution is -2.43. The highest BCUT2D eigenvalue weighted by atomic mass is 16.4. The van der Waals surface area contributed by atoms with Gasteiger partial charge in [-0.25, -0.2) is 0 Å². The van der Waals surface area contributed by atoms with Crippen molar-refractivity contribution in [1.82, 2.24) is 9.47 Å². The summed E-state index contributed by atoms with van der Waals surface area (Å²) in [6.45, 7) is 0.620. The fourth-order valence-electron chi connectivity index (χ4n) is 4.86. The second-order valence-corrected chi connectivity index (χ2v) is 7.98. The molecule has 1 saturated heterocycles. The SMILES string of the molecule is O=C(Cn1ccccc1=O)N1C[C@@H]2C[C@@H](c3ccccc3)CC[C@]2(C(=O)O)C1. The van der Waals surface area contributed by atoms with Crippen LogP contribution in [0, 0.1) is 11.3 Å². The Morgan fingerprint density at radius 2 is 1.86 bits per heavy atom. The van der Waals surface area contributed by atoms with Crippen LogP contribution < -0.4 is 5.56 Å². The highest BCUT2D eigenvalue weighted by molar-refractivity contribution is 5.81. The maximum absolute atomic E-state index is 12.8. The molecule has 2 fully saturated rings. The lowest BCUT2D eigenvalue weighted by Gasteiger charge is -2.38. The number of aliphatic carboxylic acids is 1. The predicted octanol–water partition coefficient (Wildman–Crippen LogP) is 2.35. The average molecular weight is 380 g/mol. The molecule has 146 valence electrons. The van der Waals surface area contributed by atoms with Gasteiger partial charge in [-0.15, -0.1) is 0 Å². The summed E-state index contributed by atoms with van der Waals surface area (Å²) in [5, 5.41) is 10.00. The fraction of sp³-hybridized carbons (Fsp3) is 0.409. The third-order valence-electron chi connectivity index (χ3n) is 6.46. The zero-order valence-electron chi connectivity index (χ0n) is 15.7. The Morgan fingerprint density at radius 3 is 2.57 bits per heavy atom. The first kappa shape index (κ1) is 18.5.